The Bertz CT molecular complexity index is 656. The Balaban J connectivity index is 1.98. The number of ether oxygens (including phenoxy) is 1. The Morgan fingerprint density at radius 2 is 1.78 bits per heavy atom. The van der Waals surface area contributed by atoms with Crippen molar-refractivity contribution in [3.8, 4) is 16.9 Å². The number of rotatable bonds is 6. The first-order chi connectivity index (χ1) is 11.0. The van der Waals surface area contributed by atoms with Crippen molar-refractivity contribution in [3.63, 3.8) is 0 Å². The van der Waals surface area contributed by atoms with E-state index in [9.17, 15) is 4.79 Å². The number of carbonyl (C=O) groups excluding carboxylic acids is 1. The smallest absolute Gasteiger partial charge is 0.258 e. The molecule has 1 N–H and O–H groups in total. The van der Waals surface area contributed by atoms with Crippen LogP contribution < -0.4 is 10.1 Å². The highest BCUT2D eigenvalue weighted by Crippen LogP contribution is 2.30. The van der Waals surface area contributed by atoms with Gasteiger partial charge in [0.25, 0.3) is 5.91 Å². The molecule has 0 aromatic heterocycles. The molecule has 0 aliphatic heterocycles. The minimum absolute atomic E-state index is 0.0402. The molecule has 0 aliphatic carbocycles. The molecule has 3 nitrogen and oxygen atoms in total. The summed E-state index contributed by atoms with van der Waals surface area (Å²) in [6.45, 7) is 6.06. The van der Waals surface area contributed by atoms with E-state index in [4.69, 9.17) is 16.3 Å². The van der Waals surface area contributed by atoms with Gasteiger partial charge >= 0.3 is 0 Å². The molecular weight excluding hydrogens is 310 g/mol. The summed E-state index contributed by atoms with van der Waals surface area (Å²) in [5.74, 6) is 0.751. The van der Waals surface area contributed by atoms with Gasteiger partial charge in [-0.2, -0.15) is 0 Å². The summed E-state index contributed by atoms with van der Waals surface area (Å²) in [7, 11) is 0. The molecule has 0 aliphatic rings. The van der Waals surface area contributed by atoms with E-state index in [0.717, 1.165) is 11.1 Å². The van der Waals surface area contributed by atoms with Crippen LogP contribution in [-0.2, 0) is 4.79 Å². The van der Waals surface area contributed by atoms with Gasteiger partial charge < -0.3 is 10.1 Å². The van der Waals surface area contributed by atoms with Gasteiger partial charge in [0, 0.05) is 6.04 Å². The Kier molecular flexibility index (Phi) is 6.05. The van der Waals surface area contributed by atoms with Crippen LogP contribution in [0, 0.1) is 5.92 Å². The third-order valence-electron chi connectivity index (χ3n) is 3.79. The van der Waals surface area contributed by atoms with Gasteiger partial charge in [-0.15, -0.1) is 0 Å². The minimum Gasteiger partial charge on any atom is -0.482 e. The third kappa shape index (κ3) is 5.00. The fourth-order valence-corrected chi connectivity index (χ4v) is 2.27. The number of nitrogens with one attached hydrogen (secondary N) is 1. The zero-order chi connectivity index (χ0) is 16.8. The molecule has 2 aromatic rings. The van der Waals surface area contributed by atoms with Crippen molar-refractivity contribution in [2.75, 3.05) is 6.61 Å². The molecule has 0 bridgehead atoms. The van der Waals surface area contributed by atoms with Crippen molar-refractivity contribution in [1.29, 1.82) is 0 Å². The molecule has 0 saturated heterocycles. The van der Waals surface area contributed by atoms with Crippen LogP contribution in [0.3, 0.4) is 0 Å². The third-order valence-corrected chi connectivity index (χ3v) is 4.08. The van der Waals surface area contributed by atoms with Gasteiger partial charge in [-0.3, -0.25) is 4.79 Å². The van der Waals surface area contributed by atoms with E-state index >= 15 is 0 Å². The molecular formula is C19H22ClNO2. The van der Waals surface area contributed by atoms with Gasteiger partial charge in [-0.25, -0.2) is 0 Å². The van der Waals surface area contributed by atoms with Crippen LogP contribution in [-0.4, -0.2) is 18.6 Å². The van der Waals surface area contributed by atoms with E-state index in [0.29, 0.717) is 16.7 Å². The number of benzene rings is 2. The first-order valence-corrected chi connectivity index (χ1v) is 8.12. The molecule has 0 radical (unpaired) electrons. The maximum Gasteiger partial charge on any atom is 0.258 e. The first kappa shape index (κ1) is 17.4. The van der Waals surface area contributed by atoms with Gasteiger partial charge in [-0.05, 0) is 36.1 Å². The summed E-state index contributed by atoms with van der Waals surface area (Å²) in [6.07, 6.45) is 0. The minimum atomic E-state index is -0.144. The molecule has 0 spiro atoms. The van der Waals surface area contributed by atoms with Gasteiger partial charge in [0.1, 0.15) is 5.75 Å². The van der Waals surface area contributed by atoms with Crippen molar-refractivity contribution in [3.05, 3.63) is 53.6 Å². The van der Waals surface area contributed by atoms with E-state index in [1.807, 2.05) is 49.4 Å². The van der Waals surface area contributed by atoms with Crippen molar-refractivity contribution >= 4 is 17.5 Å². The van der Waals surface area contributed by atoms with Crippen molar-refractivity contribution in [1.82, 2.24) is 5.32 Å². The second kappa shape index (κ2) is 8.02. The fraction of sp³-hybridized carbons (Fsp3) is 0.316. The molecule has 122 valence electrons. The molecule has 23 heavy (non-hydrogen) atoms. The van der Waals surface area contributed by atoms with Crippen LogP contribution in [0.1, 0.15) is 20.8 Å². The van der Waals surface area contributed by atoms with Crippen LogP contribution >= 0.6 is 11.6 Å². The lowest BCUT2D eigenvalue weighted by molar-refractivity contribution is -0.123. The number of hydrogen-bond acceptors (Lipinski definition) is 2. The fourth-order valence-electron chi connectivity index (χ4n) is 2.03. The zero-order valence-corrected chi connectivity index (χ0v) is 14.4. The second-order valence-electron chi connectivity index (χ2n) is 5.90. The average molecular weight is 332 g/mol. The number of amides is 1. The van der Waals surface area contributed by atoms with Crippen LogP contribution in [0.5, 0.6) is 5.75 Å². The first-order valence-electron chi connectivity index (χ1n) is 7.74. The average Bonchev–Trinajstić information content (AvgIpc) is 2.54. The molecule has 2 aromatic carbocycles. The van der Waals surface area contributed by atoms with Crippen LogP contribution in [0.25, 0.3) is 11.1 Å². The summed E-state index contributed by atoms with van der Waals surface area (Å²) in [5.41, 5.74) is 2.10. The Morgan fingerprint density at radius 3 is 2.39 bits per heavy atom. The maximum absolute atomic E-state index is 11.9. The van der Waals surface area contributed by atoms with Crippen LogP contribution in [0.15, 0.2) is 48.5 Å². The molecule has 4 heteroatoms. The highest BCUT2D eigenvalue weighted by molar-refractivity contribution is 6.32. The van der Waals surface area contributed by atoms with Crippen molar-refractivity contribution < 1.29 is 9.53 Å². The maximum atomic E-state index is 11.9. The lowest BCUT2D eigenvalue weighted by Gasteiger charge is -2.17. The summed E-state index contributed by atoms with van der Waals surface area (Å²) in [6, 6.07) is 15.7. The molecule has 2 rings (SSSR count). The second-order valence-corrected chi connectivity index (χ2v) is 6.31. The lowest BCUT2D eigenvalue weighted by atomic mass is 10.1. The molecule has 0 saturated carbocycles. The van der Waals surface area contributed by atoms with Gasteiger partial charge in [0.05, 0.1) is 5.02 Å². The SMILES string of the molecule is CC(C)[C@@H](C)NC(=O)COc1ccc(-c2ccccc2)cc1Cl. The van der Waals surface area contributed by atoms with E-state index in [1.165, 1.54) is 0 Å². The summed E-state index contributed by atoms with van der Waals surface area (Å²) in [5, 5.41) is 3.40. The zero-order valence-electron chi connectivity index (χ0n) is 13.7. The predicted octanol–water partition coefficient (Wildman–Crippen LogP) is 4.55. The van der Waals surface area contributed by atoms with Crippen molar-refractivity contribution in [2.45, 2.75) is 26.8 Å². The standard InChI is InChI=1S/C19H22ClNO2/c1-13(2)14(3)21-19(22)12-23-18-10-9-16(11-17(18)20)15-7-5-4-6-8-15/h4-11,13-14H,12H2,1-3H3,(H,21,22)/t14-/m1/s1. The predicted molar refractivity (Wildman–Crippen MR) is 94.8 cm³/mol. The highest BCUT2D eigenvalue weighted by atomic mass is 35.5. The normalized spacial score (nSPS) is 12.0. The van der Waals surface area contributed by atoms with Crippen molar-refractivity contribution in [2.24, 2.45) is 5.92 Å². The highest BCUT2D eigenvalue weighted by Gasteiger charge is 2.12. The van der Waals surface area contributed by atoms with Gasteiger partial charge in [-0.1, -0.05) is 61.8 Å². The van der Waals surface area contributed by atoms with E-state index in [2.05, 4.69) is 19.2 Å². The molecule has 1 atom stereocenters. The Labute approximate surface area is 142 Å². The largest absolute Gasteiger partial charge is 0.482 e. The van der Waals surface area contributed by atoms with Crippen LogP contribution in [0.4, 0.5) is 0 Å². The molecule has 1 amide bonds. The summed E-state index contributed by atoms with van der Waals surface area (Å²) in [4.78, 5) is 11.9. The Hall–Kier alpha value is -2.00. The number of halogens is 1. The molecule has 0 unspecified atom stereocenters. The number of carbonyl (C=O) groups is 1. The van der Waals surface area contributed by atoms with E-state index < -0.39 is 0 Å². The van der Waals surface area contributed by atoms with Gasteiger partial charge in [0.15, 0.2) is 6.61 Å². The monoisotopic (exact) mass is 331 g/mol. The summed E-state index contributed by atoms with van der Waals surface area (Å²) >= 11 is 6.26. The topological polar surface area (TPSA) is 38.3 Å². The quantitative estimate of drug-likeness (QED) is 0.843. The van der Waals surface area contributed by atoms with E-state index in [-0.39, 0.29) is 18.6 Å². The Morgan fingerprint density at radius 1 is 1.09 bits per heavy atom. The molecule has 0 fully saturated rings. The lowest BCUT2D eigenvalue weighted by Crippen LogP contribution is -2.38. The molecule has 0 heterocycles. The van der Waals surface area contributed by atoms with Gasteiger partial charge in [0.2, 0.25) is 0 Å². The van der Waals surface area contributed by atoms with E-state index in [1.54, 1.807) is 6.07 Å². The summed E-state index contributed by atoms with van der Waals surface area (Å²) < 4.78 is 5.53. The van der Waals surface area contributed by atoms with Crippen LogP contribution in [0.2, 0.25) is 5.02 Å². The number of hydrogen-bond donors (Lipinski definition) is 1.